The van der Waals surface area contributed by atoms with Gasteiger partial charge in [-0.25, -0.2) is 0 Å². The van der Waals surface area contributed by atoms with Crippen LogP contribution in [0.3, 0.4) is 0 Å². The largest absolute Gasteiger partial charge is 0.494 e. The number of carbonyl (C=O) groups is 2. The second-order valence-electron chi connectivity index (χ2n) is 6.32. The van der Waals surface area contributed by atoms with Gasteiger partial charge in [-0.15, -0.1) is 0 Å². The van der Waals surface area contributed by atoms with Crippen LogP contribution in [-0.4, -0.2) is 23.0 Å². The molecule has 3 rings (SSSR count). The van der Waals surface area contributed by atoms with Gasteiger partial charge in [0.05, 0.1) is 11.9 Å². The predicted octanol–water partition coefficient (Wildman–Crippen LogP) is 5.03. The number of thioether (sulfide) groups is 1. The summed E-state index contributed by atoms with van der Waals surface area (Å²) >= 11 is 1.11. The van der Waals surface area contributed by atoms with Gasteiger partial charge in [-0.2, -0.15) is 0 Å². The number of unbranched alkanes of at least 4 members (excludes halogenated alkanes) is 3. The van der Waals surface area contributed by atoms with Crippen LogP contribution < -0.4 is 10.1 Å². The summed E-state index contributed by atoms with van der Waals surface area (Å²) in [6, 6.07) is 18.5. The van der Waals surface area contributed by atoms with Crippen LogP contribution in [0.4, 0.5) is 4.79 Å². The minimum Gasteiger partial charge on any atom is -0.494 e. The molecule has 0 spiro atoms. The van der Waals surface area contributed by atoms with Gasteiger partial charge in [0.15, 0.2) is 0 Å². The molecule has 0 bridgehead atoms. The van der Waals surface area contributed by atoms with Crippen molar-refractivity contribution >= 4 is 22.9 Å². The number of hydrogen-bond acceptors (Lipinski definition) is 4. The van der Waals surface area contributed by atoms with Gasteiger partial charge in [-0.05, 0) is 36.1 Å². The van der Waals surface area contributed by atoms with E-state index in [1.165, 1.54) is 11.1 Å². The Labute approximate surface area is 158 Å². The van der Waals surface area contributed by atoms with Crippen molar-refractivity contribution in [3.63, 3.8) is 0 Å². The summed E-state index contributed by atoms with van der Waals surface area (Å²) in [7, 11) is 0. The molecule has 0 aromatic heterocycles. The van der Waals surface area contributed by atoms with E-state index in [-0.39, 0.29) is 16.4 Å². The van der Waals surface area contributed by atoms with E-state index < -0.39 is 0 Å². The summed E-state index contributed by atoms with van der Waals surface area (Å²) in [6.07, 6.45) is 4.83. The maximum atomic E-state index is 11.4. The fourth-order valence-electron chi connectivity index (χ4n) is 2.93. The van der Waals surface area contributed by atoms with Crippen LogP contribution in [0.25, 0.3) is 11.1 Å². The first-order valence-electron chi connectivity index (χ1n) is 9.02. The lowest BCUT2D eigenvalue weighted by atomic mass is 10.1. The summed E-state index contributed by atoms with van der Waals surface area (Å²) in [5.41, 5.74) is 2.39. The highest BCUT2D eigenvalue weighted by molar-refractivity contribution is 8.15. The third kappa shape index (κ3) is 5.36. The number of nitrogens with one attached hydrogen (secondary N) is 1. The SMILES string of the molecule is O=C1NC(=O)C(CCCCCCOc2ccc(-c3ccccc3)cc2)S1. The number of carbonyl (C=O) groups excluding carboxylic acids is 2. The van der Waals surface area contributed by atoms with Crippen molar-refractivity contribution < 1.29 is 14.3 Å². The van der Waals surface area contributed by atoms with Crippen molar-refractivity contribution in [1.29, 1.82) is 0 Å². The Morgan fingerprint density at radius 2 is 1.54 bits per heavy atom. The Morgan fingerprint density at radius 3 is 2.23 bits per heavy atom. The standard InChI is InChI=1S/C21H23NO3S/c23-20-19(26-21(24)22-20)10-6-1-2-7-15-25-18-13-11-17(12-14-18)16-8-4-3-5-9-16/h3-5,8-9,11-14,19H,1-2,6-7,10,15H2,(H,22,23,24). The lowest BCUT2D eigenvalue weighted by molar-refractivity contribution is -0.119. The zero-order valence-corrected chi connectivity index (χ0v) is 15.5. The fourth-order valence-corrected chi connectivity index (χ4v) is 3.80. The van der Waals surface area contributed by atoms with E-state index in [4.69, 9.17) is 4.74 Å². The quantitative estimate of drug-likeness (QED) is 0.630. The summed E-state index contributed by atoms with van der Waals surface area (Å²) in [4.78, 5) is 22.5. The molecular formula is C21H23NO3S. The fraction of sp³-hybridized carbons (Fsp3) is 0.333. The molecule has 0 saturated carbocycles. The monoisotopic (exact) mass is 369 g/mol. The maximum absolute atomic E-state index is 11.4. The van der Waals surface area contributed by atoms with Gasteiger partial charge < -0.3 is 4.74 Å². The van der Waals surface area contributed by atoms with Crippen LogP contribution in [0.15, 0.2) is 54.6 Å². The van der Waals surface area contributed by atoms with E-state index in [0.29, 0.717) is 6.61 Å². The van der Waals surface area contributed by atoms with Crippen molar-refractivity contribution in [2.45, 2.75) is 37.4 Å². The van der Waals surface area contributed by atoms with E-state index in [2.05, 4.69) is 29.6 Å². The normalized spacial score (nSPS) is 16.5. The molecule has 5 heteroatoms. The Kier molecular flexibility index (Phi) is 6.72. The highest BCUT2D eigenvalue weighted by atomic mass is 32.2. The Bertz CT molecular complexity index is 731. The van der Waals surface area contributed by atoms with Crippen molar-refractivity contribution in [3.05, 3.63) is 54.6 Å². The molecule has 0 radical (unpaired) electrons. The van der Waals surface area contributed by atoms with Crippen LogP contribution in [0, 0.1) is 0 Å². The Morgan fingerprint density at radius 1 is 0.846 bits per heavy atom. The molecule has 2 aromatic rings. The van der Waals surface area contributed by atoms with Crippen molar-refractivity contribution in [3.8, 4) is 16.9 Å². The van der Waals surface area contributed by atoms with E-state index in [9.17, 15) is 9.59 Å². The second-order valence-corrected chi connectivity index (χ2v) is 7.50. The minimum atomic E-state index is -0.216. The molecule has 2 amide bonds. The summed E-state index contributed by atoms with van der Waals surface area (Å²) in [5, 5.41) is 1.92. The highest BCUT2D eigenvalue weighted by Crippen LogP contribution is 2.24. The molecule has 1 fully saturated rings. The van der Waals surface area contributed by atoms with Gasteiger partial charge >= 0.3 is 0 Å². The average Bonchev–Trinajstić information content (AvgIpc) is 2.99. The number of imide groups is 1. The number of hydrogen-bond donors (Lipinski definition) is 1. The van der Waals surface area contributed by atoms with E-state index in [1.807, 2.05) is 30.3 Å². The first kappa shape index (κ1) is 18.5. The molecule has 1 aliphatic rings. The Hall–Kier alpha value is -2.27. The molecular weight excluding hydrogens is 346 g/mol. The molecule has 26 heavy (non-hydrogen) atoms. The summed E-state index contributed by atoms with van der Waals surface area (Å²) in [5.74, 6) is 0.754. The van der Waals surface area contributed by atoms with Crippen molar-refractivity contribution in [1.82, 2.24) is 5.32 Å². The lowest BCUT2D eigenvalue weighted by Crippen LogP contribution is -2.24. The molecule has 2 aromatic carbocycles. The summed E-state index contributed by atoms with van der Waals surface area (Å²) < 4.78 is 5.80. The smallest absolute Gasteiger partial charge is 0.286 e. The highest BCUT2D eigenvalue weighted by Gasteiger charge is 2.30. The first-order valence-corrected chi connectivity index (χ1v) is 9.90. The van der Waals surface area contributed by atoms with E-state index in [0.717, 1.165) is 49.6 Å². The average molecular weight is 369 g/mol. The van der Waals surface area contributed by atoms with Gasteiger partial charge in [0.25, 0.3) is 5.24 Å². The van der Waals surface area contributed by atoms with Crippen molar-refractivity contribution in [2.24, 2.45) is 0 Å². The van der Waals surface area contributed by atoms with Gasteiger partial charge in [-0.3, -0.25) is 14.9 Å². The lowest BCUT2D eigenvalue weighted by Gasteiger charge is -2.08. The predicted molar refractivity (Wildman–Crippen MR) is 105 cm³/mol. The molecule has 1 aliphatic heterocycles. The van der Waals surface area contributed by atoms with Gasteiger partial charge in [0, 0.05) is 0 Å². The van der Waals surface area contributed by atoms with Gasteiger partial charge in [-0.1, -0.05) is 73.5 Å². The minimum absolute atomic E-state index is 0.137. The zero-order valence-electron chi connectivity index (χ0n) is 14.6. The second kappa shape index (κ2) is 9.43. The van der Waals surface area contributed by atoms with Crippen LogP contribution in [0.2, 0.25) is 0 Å². The number of rotatable bonds is 9. The Balaban J connectivity index is 1.29. The molecule has 4 nitrogen and oxygen atoms in total. The molecule has 1 saturated heterocycles. The maximum Gasteiger partial charge on any atom is 0.286 e. The third-order valence-corrected chi connectivity index (χ3v) is 5.41. The van der Waals surface area contributed by atoms with E-state index >= 15 is 0 Å². The molecule has 0 aliphatic carbocycles. The van der Waals surface area contributed by atoms with Gasteiger partial charge in [0.1, 0.15) is 5.75 Å². The number of amides is 2. The third-order valence-electron chi connectivity index (χ3n) is 4.36. The van der Waals surface area contributed by atoms with Crippen LogP contribution in [-0.2, 0) is 4.79 Å². The number of benzene rings is 2. The van der Waals surface area contributed by atoms with E-state index in [1.54, 1.807) is 0 Å². The molecule has 1 N–H and O–H groups in total. The van der Waals surface area contributed by atoms with Gasteiger partial charge in [0.2, 0.25) is 5.91 Å². The van der Waals surface area contributed by atoms with Crippen molar-refractivity contribution in [2.75, 3.05) is 6.61 Å². The van der Waals surface area contributed by atoms with Crippen LogP contribution in [0.1, 0.15) is 32.1 Å². The summed E-state index contributed by atoms with van der Waals surface area (Å²) in [6.45, 7) is 0.696. The molecule has 1 unspecified atom stereocenters. The topological polar surface area (TPSA) is 55.4 Å². The first-order chi connectivity index (χ1) is 12.7. The number of ether oxygens (including phenoxy) is 1. The van der Waals surface area contributed by atoms with Crippen LogP contribution in [0.5, 0.6) is 5.75 Å². The molecule has 1 atom stereocenters. The molecule has 1 heterocycles. The van der Waals surface area contributed by atoms with Crippen LogP contribution >= 0.6 is 11.8 Å². The zero-order chi connectivity index (χ0) is 18.2. The molecule has 136 valence electrons.